The van der Waals surface area contributed by atoms with Crippen LogP contribution in [0.15, 0.2) is 90.5 Å². The van der Waals surface area contributed by atoms with Crippen molar-refractivity contribution in [3.63, 3.8) is 0 Å². The van der Waals surface area contributed by atoms with Gasteiger partial charge in [0.15, 0.2) is 0 Å². The highest BCUT2D eigenvalue weighted by molar-refractivity contribution is 5.85. The molecule has 21 heavy (non-hydrogen) atoms. The molecule has 0 amide bonds. The van der Waals surface area contributed by atoms with Crippen molar-refractivity contribution in [2.75, 3.05) is 0 Å². The van der Waals surface area contributed by atoms with Crippen LogP contribution in [0.25, 0.3) is 5.57 Å². The van der Waals surface area contributed by atoms with E-state index in [1.807, 2.05) is 42.5 Å². The Kier molecular flexibility index (Phi) is 4.96. The van der Waals surface area contributed by atoms with Gasteiger partial charge in [0.25, 0.3) is 0 Å². The van der Waals surface area contributed by atoms with Gasteiger partial charge in [-0.05, 0) is 35.3 Å². The highest BCUT2D eigenvalue weighted by Crippen LogP contribution is 2.29. The molecule has 0 nitrogen and oxygen atoms in total. The largest absolute Gasteiger partial charge is 0.115 e. The lowest BCUT2D eigenvalue weighted by molar-refractivity contribution is 1.42. The van der Waals surface area contributed by atoms with Crippen molar-refractivity contribution in [3.8, 4) is 12.3 Å². The second-order valence-corrected chi connectivity index (χ2v) is 4.69. The third kappa shape index (κ3) is 3.41. The van der Waals surface area contributed by atoms with Crippen molar-refractivity contribution in [3.05, 3.63) is 102 Å². The minimum Gasteiger partial charge on any atom is -0.115 e. The van der Waals surface area contributed by atoms with Crippen molar-refractivity contribution < 1.29 is 0 Å². The molecule has 0 saturated carbocycles. The summed E-state index contributed by atoms with van der Waals surface area (Å²) in [7, 11) is 0. The van der Waals surface area contributed by atoms with Gasteiger partial charge in [-0.2, -0.15) is 0 Å². The molecule has 0 radical (unpaired) electrons. The van der Waals surface area contributed by atoms with Gasteiger partial charge < -0.3 is 0 Å². The summed E-state index contributed by atoms with van der Waals surface area (Å²) < 4.78 is 0. The Labute approximate surface area is 127 Å². The van der Waals surface area contributed by atoms with Crippen LogP contribution in [0.2, 0.25) is 0 Å². The Hall–Kier alpha value is -2.78. The summed E-state index contributed by atoms with van der Waals surface area (Å²) in [6.45, 7) is 5.80. The van der Waals surface area contributed by atoms with E-state index in [1.54, 1.807) is 6.08 Å². The van der Waals surface area contributed by atoms with Gasteiger partial charge in [-0.3, -0.25) is 0 Å². The van der Waals surface area contributed by atoms with E-state index >= 15 is 0 Å². The van der Waals surface area contributed by atoms with Crippen LogP contribution in [-0.2, 0) is 0 Å². The van der Waals surface area contributed by atoms with Crippen LogP contribution < -0.4 is 0 Å². The maximum atomic E-state index is 5.65. The molecule has 0 spiro atoms. The summed E-state index contributed by atoms with van der Waals surface area (Å²) in [6, 6.07) is 20.6. The second kappa shape index (κ2) is 7.12. The van der Waals surface area contributed by atoms with E-state index in [2.05, 4.69) is 43.7 Å². The fraction of sp³-hybridized carbons (Fsp3) is 0.0476. The Balaban J connectivity index is 2.71. The zero-order valence-electron chi connectivity index (χ0n) is 12.2. The Morgan fingerprint density at radius 1 is 0.952 bits per heavy atom. The number of allylic oxidation sites excluding steroid dienone is 4. The number of rotatable bonds is 4. The maximum Gasteiger partial charge on any atom is 0.0277 e. The summed E-state index contributed by atoms with van der Waals surface area (Å²) >= 11 is 0. The van der Waals surface area contributed by atoms with E-state index in [4.69, 9.17) is 6.42 Å². The SMILES string of the molecule is C#C/C(=C\C=C)C(C)=C(c1ccccc1)c1ccccc1. The number of hydrogen-bond acceptors (Lipinski definition) is 0. The summed E-state index contributed by atoms with van der Waals surface area (Å²) in [5.41, 5.74) is 5.41. The molecule has 0 aromatic heterocycles. The summed E-state index contributed by atoms with van der Waals surface area (Å²) in [4.78, 5) is 0. The van der Waals surface area contributed by atoms with Crippen LogP contribution in [-0.4, -0.2) is 0 Å². The number of hydrogen-bond donors (Lipinski definition) is 0. The lowest BCUT2D eigenvalue weighted by atomic mass is 9.90. The minimum atomic E-state index is 0.854. The first-order chi connectivity index (χ1) is 10.3. The Morgan fingerprint density at radius 2 is 1.43 bits per heavy atom. The average Bonchev–Trinajstić information content (AvgIpc) is 2.55. The molecule has 0 heterocycles. The van der Waals surface area contributed by atoms with Gasteiger partial charge in [0.1, 0.15) is 0 Å². The first-order valence-electron chi connectivity index (χ1n) is 6.89. The fourth-order valence-electron chi connectivity index (χ4n) is 2.34. The molecule has 0 aliphatic carbocycles. The van der Waals surface area contributed by atoms with Gasteiger partial charge in [0, 0.05) is 5.57 Å². The molecule has 0 fully saturated rings. The van der Waals surface area contributed by atoms with Crippen LogP contribution in [0.1, 0.15) is 18.1 Å². The molecule has 0 unspecified atom stereocenters. The first-order valence-corrected chi connectivity index (χ1v) is 6.89. The van der Waals surface area contributed by atoms with Crippen LogP contribution in [0.4, 0.5) is 0 Å². The van der Waals surface area contributed by atoms with E-state index in [0.717, 1.165) is 27.8 Å². The molecule has 0 N–H and O–H groups in total. The summed E-state index contributed by atoms with van der Waals surface area (Å²) in [6.07, 6.45) is 9.26. The van der Waals surface area contributed by atoms with Crippen LogP contribution in [0.3, 0.4) is 0 Å². The third-order valence-corrected chi connectivity index (χ3v) is 3.34. The van der Waals surface area contributed by atoms with E-state index in [1.165, 1.54) is 0 Å². The van der Waals surface area contributed by atoms with Crippen LogP contribution in [0, 0.1) is 12.3 Å². The molecule has 2 aromatic carbocycles. The van der Waals surface area contributed by atoms with Crippen molar-refractivity contribution >= 4 is 5.57 Å². The first kappa shape index (κ1) is 14.6. The zero-order valence-corrected chi connectivity index (χ0v) is 12.2. The maximum absolute atomic E-state index is 5.65. The van der Waals surface area contributed by atoms with Gasteiger partial charge in [-0.25, -0.2) is 0 Å². The topological polar surface area (TPSA) is 0 Å². The van der Waals surface area contributed by atoms with Crippen molar-refractivity contribution in [1.82, 2.24) is 0 Å². The van der Waals surface area contributed by atoms with Crippen LogP contribution >= 0.6 is 0 Å². The zero-order chi connectivity index (χ0) is 15.1. The quantitative estimate of drug-likeness (QED) is 0.525. The van der Waals surface area contributed by atoms with Crippen molar-refractivity contribution in [1.29, 1.82) is 0 Å². The average molecular weight is 270 g/mol. The van der Waals surface area contributed by atoms with Crippen LogP contribution in [0.5, 0.6) is 0 Å². The van der Waals surface area contributed by atoms with E-state index in [-0.39, 0.29) is 0 Å². The van der Waals surface area contributed by atoms with Gasteiger partial charge in [0.05, 0.1) is 0 Å². The standard InChI is InChI=1S/C21H18/c1-4-12-18(5-2)17(3)21(19-13-8-6-9-14-19)20-15-10-7-11-16-20/h2,4,6-16H,1H2,3H3/b18-12+. The van der Waals surface area contributed by atoms with E-state index in [0.29, 0.717) is 0 Å². The lowest BCUT2D eigenvalue weighted by Crippen LogP contribution is -1.94. The Bertz CT molecular complexity index is 666. The van der Waals surface area contributed by atoms with Crippen molar-refractivity contribution in [2.45, 2.75) is 6.92 Å². The molecule has 2 aromatic rings. The van der Waals surface area contributed by atoms with Gasteiger partial charge in [-0.1, -0.05) is 79.2 Å². The molecular weight excluding hydrogens is 252 g/mol. The molecule has 0 bridgehead atoms. The van der Waals surface area contributed by atoms with Gasteiger partial charge in [-0.15, -0.1) is 6.42 Å². The molecule has 102 valence electrons. The molecule has 0 atom stereocenters. The minimum absolute atomic E-state index is 0.854. The predicted octanol–water partition coefficient (Wildman–Crippen LogP) is 5.25. The van der Waals surface area contributed by atoms with E-state index < -0.39 is 0 Å². The lowest BCUT2D eigenvalue weighted by Gasteiger charge is -2.13. The fourth-order valence-corrected chi connectivity index (χ4v) is 2.34. The molecule has 2 rings (SSSR count). The van der Waals surface area contributed by atoms with Gasteiger partial charge >= 0.3 is 0 Å². The molecule has 0 saturated heterocycles. The highest BCUT2D eigenvalue weighted by atomic mass is 14.1. The van der Waals surface area contributed by atoms with E-state index in [9.17, 15) is 0 Å². The van der Waals surface area contributed by atoms with Gasteiger partial charge in [0.2, 0.25) is 0 Å². The summed E-state index contributed by atoms with van der Waals surface area (Å²) in [5, 5.41) is 0. The Morgan fingerprint density at radius 3 is 1.81 bits per heavy atom. The number of benzene rings is 2. The van der Waals surface area contributed by atoms with Crippen molar-refractivity contribution in [2.24, 2.45) is 0 Å². The predicted molar refractivity (Wildman–Crippen MR) is 91.7 cm³/mol. The highest BCUT2D eigenvalue weighted by Gasteiger charge is 2.10. The number of terminal acetylenes is 1. The third-order valence-electron chi connectivity index (χ3n) is 3.34. The molecular formula is C21H18. The molecule has 0 heteroatoms. The smallest absolute Gasteiger partial charge is 0.0277 e. The summed E-state index contributed by atoms with van der Waals surface area (Å²) in [5.74, 6) is 2.75. The molecule has 0 aliphatic heterocycles. The monoisotopic (exact) mass is 270 g/mol. The molecule has 0 aliphatic rings. The normalized spacial score (nSPS) is 10.6. The second-order valence-electron chi connectivity index (χ2n) is 4.69.